The van der Waals surface area contributed by atoms with Gasteiger partial charge in [-0.15, -0.1) is 0 Å². The van der Waals surface area contributed by atoms with Crippen LogP contribution in [-0.4, -0.2) is 53.6 Å². The molecule has 1 N–H and O–H groups in total. The molecule has 22 heavy (non-hydrogen) atoms. The van der Waals surface area contributed by atoms with Crippen molar-refractivity contribution in [3.63, 3.8) is 0 Å². The molecule has 0 aromatic carbocycles. The number of nitrogens with zero attached hydrogens (tertiary/aromatic N) is 3. The summed E-state index contributed by atoms with van der Waals surface area (Å²) in [6.45, 7) is 5.46. The SMILES string of the molecule is Cc1noc(C)c1NC(=O)N1CC[C@@]2(CCCN(C)C2=O)C1. The van der Waals surface area contributed by atoms with E-state index in [0.717, 1.165) is 25.8 Å². The first-order valence-corrected chi connectivity index (χ1v) is 7.67. The number of rotatable bonds is 1. The molecule has 2 fully saturated rings. The van der Waals surface area contributed by atoms with Gasteiger partial charge in [0, 0.05) is 26.7 Å². The summed E-state index contributed by atoms with van der Waals surface area (Å²) in [6.07, 6.45) is 2.61. The Labute approximate surface area is 129 Å². The Morgan fingerprint density at radius 3 is 2.77 bits per heavy atom. The van der Waals surface area contributed by atoms with Crippen LogP contribution in [0.3, 0.4) is 0 Å². The molecule has 2 saturated heterocycles. The van der Waals surface area contributed by atoms with Crippen molar-refractivity contribution >= 4 is 17.6 Å². The number of hydrogen-bond acceptors (Lipinski definition) is 4. The van der Waals surface area contributed by atoms with Crippen molar-refractivity contribution < 1.29 is 14.1 Å². The highest BCUT2D eigenvalue weighted by molar-refractivity contribution is 5.92. The predicted molar refractivity (Wildman–Crippen MR) is 80.5 cm³/mol. The van der Waals surface area contributed by atoms with E-state index in [1.807, 2.05) is 7.05 Å². The average Bonchev–Trinajstić information content (AvgIpc) is 3.04. The maximum Gasteiger partial charge on any atom is 0.322 e. The number of anilines is 1. The number of amides is 3. The zero-order valence-corrected chi connectivity index (χ0v) is 13.3. The minimum atomic E-state index is -0.386. The molecule has 3 heterocycles. The average molecular weight is 306 g/mol. The van der Waals surface area contributed by atoms with Gasteiger partial charge in [-0.05, 0) is 33.1 Å². The van der Waals surface area contributed by atoms with Crippen LogP contribution < -0.4 is 5.32 Å². The number of aromatic nitrogens is 1. The summed E-state index contributed by atoms with van der Waals surface area (Å²) in [5.74, 6) is 0.764. The molecule has 7 heteroatoms. The van der Waals surface area contributed by atoms with Gasteiger partial charge in [0.05, 0.1) is 5.41 Å². The molecule has 1 aromatic heterocycles. The summed E-state index contributed by atoms with van der Waals surface area (Å²) < 4.78 is 5.06. The van der Waals surface area contributed by atoms with Crippen LogP contribution in [0.25, 0.3) is 0 Å². The number of likely N-dealkylation sites (tertiary alicyclic amines) is 2. The van der Waals surface area contributed by atoms with E-state index in [0.29, 0.717) is 30.2 Å². The lowest BCUT2D eigenvalue weighted by Gasteiger charge is -2.37. The van der Waals surface area contributed by atoms with E-state index in [-0.39, 0.29) is 17.4 Å². The lowest BCUT2D eigenvalue weighted by atomic mass is 9.78. The Morgan fingerprint density at radius 1 is 1.32 bits per heavy atom. The van der Waals surface area contributed by atoms with E-state index < -0.39 is 0 Å². The summed E-state index contributed by atoms with van der Waals surface area (Å²) in [7, 11) is 1.84. The summed E-state index contributed by atoms with van der Waals surface area (Å²) in [6, 6.07) is -0.188. The van der Waals surface area contributed by atoms with Crippen molar-refractivity contribution in [2.75, 3.05) is 32.0 Å². The van der Waals surface area contributed by atoms with Gasteiger partial charge in [-0.25, -0.2) is 4.79 Å². The summed E-state index contributed by atoms with van der Waals surface area (Å²) in [5.41, 5.74) is 0.898. The smallest absolute Gasteiger partial charge is 0.322 e. The second kappa shape index (κ2) is 5.30. The normalized spacial score (nSPS) is 25.1. The lowest BCUT2D eigenvalue weighted by Crippen LogP contribution is -2.49. The fraction of sp³-hybridized carbons (Fsp3) is 0.667. The van der Waals surface area contributed by atoms with Gasteiger partial charge >= 0.3 is 6.03 Å². The van der Waals surface area contributed by atoms with Gasteiger partial charge in [-0.3, -0.25) is 4.79 Å². The minimum absolute atomic E-state index is 0.173. The summed E-state index contributed by atoms with van der Waals surface area (Å²) in [4.78, 5) is 28.5. The van der Waals surface area contributed by atoms with Crippen molar-refractivity contribution in [2.24, 2.45) is 5.41 Å². The standard InChI is InChI=1S/C15H22N4O3/c1-10-12(11(2)22-17-10)16-14(21)19-8-6-15(9-19)5-4-7-18(3)13(15)20/h4-9H2,1-3H3,(H,16,21)/t15-/m0/s1. The number of piperidine rings is 1. The Bertz CT molecular complexity index is 592. The minimum Gasteiger partial charge on any atom is -0.359 e. The molecule has 2 aliphatic rings. The monoisotopic (exact) mass is 306 g/mol. The second-order valence-corrected chi connectivity index (χ2v) is 6.41. The molecule has 0 radical (unpaired) electrons. The maximum absolute atomic E-state index is 12.5. The van der Waals surface area contributed by atoms with Gasteiger partial charge in [0.25, 0.3) is 0 Å². The fourth-order valence-electron chi connectivity index (χ4n) is 3.54. The molecule has 0 aliphatic carbocycles. The Morgan fingerprint density at radius 2 is 2.09 bits per heavy atom. The van der Waals surface area contributed by atoms with Gasteiger partial charge in [0.15, 0.2) is 5.76 Å². The Kier molecular flexibility index (Phi) is 3.58. The van der Waals surface area contributed by atoms with Gasteiger partial charge in [0.1, 0.15) is 11.4 Å². The second-order valence-electron chi connectivity index (χ2n) is 6.41. The first-order chi connectivity index (χ1) is 10.4. The van der Waals surface area contributed by atoms with Crippen LogP contribution in [-0.2, 0) is 4.79 Å². The lowest BCUT2D eigenvalue weighted by molar-refractivity contribution is -0.143. The molecule has 1 aromatic rings. The molecule has 1 atom stereocenters. The van der Waals surface area contributed by atoms with Gasteiger partial charge in [-0.1, -0.05) is 5.16 Å². The van der Waals surface area contributed by atoms with Crippen molar-refractivity contribution in [3.05, 3.63) is 11.5 Å². The van der Waals surface area contributed by atoms with Crippen molar-refractivity contribution in [1.82, 2.24) is 15.0 Å². The molecule has 120 valence electrons. The fourth-order valence-corrected chi connectivity index (χ4v) is 3.54. The third-order valence-electron chi connectivity index (χ3n) is 4.86. The molecule has 3 amide bonds. The van der Waals surface area contributed by atoms with Gasteiger partial charge in [0.2, 0.25) is 5.91 Å². The molecule has 0 saturated carbocycles. The molecule has 2 aliphatic heterocycles. The van der Waals surface area contributed by atoms with E-state index in [9.17, 15) is 9.59 Å². The number of aryl methyl sites for hydroxylation is 2. The van der Waals surface area contributed by atoms with E-state index in [4.69, 9.17) is 4.52 Å². The number of urea groups is 1. The highest BCUT2D eigenvalue weighted by Crippen LogP contribution is 2.39. The highest BCUT2D eigenvalue weighted by Gasteiger charge is 2.48. The molecular weight excluding hydrogens is 284 g/mol. The number of carbonyl (C=O) groups is 2. The molecule has 3 rings (SSSR count). The summed E-state index contributed by atoms with van der Waals surface area (Å²) in [5, 5.41) is 6.69. The van der Waals surface area contributed by atoms with Gasteiger partial charge < -0.3 is 19.6 Å². The molecule has 0 unspecified atom stereocenters. The van der Waals surface area contributed by atoms with Crippen LogP contribution in [0.5, 0.6) is 0 Å². The van der Waals surface area contributed by atoms with Gasteiger partial charge in [-0.2, -0.15) is 0 Å². The molecular formula is C15H22N4O3. The predicted octanol–water partition coefficient (Wildman–Crippen LogP) is 1.77. The van der Waals surface area contributed by atoms with Crippen molar-refractivity contribution in [2.45, 2.75) is 33.1 Å². The van der Waals surface area contributed by atoms with Crippen LogP contribution in [0.1, 0.15) is 30.7 Å². The summed E-state index contributed by atoms with van der Waals surface area (Å²) >= 11 is 0. The number of hydrogen-bond donors (Lipinski definition) is 1. The van der Waals surface area contributed by atoms with Crippen molar-refractivity contribution in [3.8, 4) is 0 Å². The van der Waals surface area contributed by atoms with Crippen LogP contribution >= 0.6 is 0 Å². The Hall–Kier alpha value is -2.05. The third kappa shape index (κ3) is 2.34. The zero-order chi connectivity index (χ0) is 15.9. The number of carbonyl (C=O) groups excluding carboxylic acids is 2. The van der Waals surface area contributed by atoms with Crippen LogP contribution in [0.15, 0.2) is 4.52 Å². The molecule has 7 nitrogen and oxygen atoms in total. The Balaban J connectivity index is 1.70. The van der Waals surface area contributed by atoms with Crippen molar-refractivity contribution in [1.29, 1.82) is 0 Å². The van der Waals surface area contributed by atoms with E-state index in [1.54, 1.807) is 23.6 Å². The van der Waals surface area contributed by atoms with E-state index >= 15 is 0 Å². The first-order valence-electron chi connectivity index (χ1n) is 7.67. The van der Waals surface area contributed by atoms with E-state index in [2.05, 4.69) is 10.5 Å². The van der Waals surface area contributed by atoms with Crippen LogP contribution in [0.2, 0.25) is 0 Å². The third-order valence-corrected chi connectivity index (χ3v) is 4.86. The maximum atomic E-state index is 12.5. The highest BCUT2D eigenvalue weighted by atomic mass is 16.5. The first kappa shape index (κ1) is 14.9. The topological polar surface area (TPSA) is 78.7 Å². The molecule has 1 spiro atoms. The molecule has 0 bridgehead atoms. The van der Waals surface area contributed by atoms with E-state index in [1.165, 1.54) is 0 Å². The quantitative estimate of drug-likeness (QED) is 0.857. The van der Waals surface area contributed by atoms with Crippen LogP contribution in [0.4, 0.5) is 10.5 Å². The number of nitrogens with one attached hydrogen (secondary N) is 1. The largest absolute Gasteiger partial charge is 0.359 e. The zero-order valence-electron chi connectivity index (χ0n) is 13.3. The van der Waals surface area contributed by atoms with Crippen LogP contribution in [0, 0.1) is 19.3 Å².